The van der Waals surface area contributed by atoms with E-state index in [9.17, 15) is 24.0 Å². The van der Waals surface area contributed by atoms with Crippen LogP contribution in [0, 0.1) is 0 Å². The first-order valence-electron chi connectivity index (χ1n) is 5.74. The Labute approximate surface area is 121 Å². The zero-order chi connectivity index (χ0) is 15.5. The first-order valence-corrected chi connectivity index (χ1v) is 6.72. The van der Waals surface area contributed by atoms with E-state index in [1.165, 1.54) is 14.8 Å². The van der Waals surface area contributed by atoms with Crippen LogP contribution in [-0.2, 0) is 24.0 Å². The summed E-state index contributed by atoms with van der Waals surface area (Å²) in [5.41, 5.74) is -0.195. The minimum Gasteiger partial charge on any atom is -0.348 e. The maximum absolute atomic E-state index is 11.3. The molecule has 0 aliphatic carbocycles. The average molecular weight is 301 g/mol. The molecule has 110 valence electrons. The third kappa shape index (κ3) is 11.3. The molecule has 0 spiro atoms. The van der Waals surface area contributed by atoms with Crippen molar-refractivity contribution in [2.75, 3.05) is 25.4 Å². The van der Waals surface area contributed by atoms with E-state index in [0.29, 0.717) is 0 Å². The number of carbonyl (C=O) groups excluding carboxylic acids is 5. The zero-order valence-corrected chi connectivity index (χ0v) is 12.1. The van der Waals surface area contributed by atoms with Crippen LogP contribution in [0.15, 0.2) is 0 Å². The molecule has 3 N–H and O–H groups in total. The normalized spacial score (nSPS) is 9.45. The van der Waals surface area contributed by atoms with Crippen LogP contribution in [0.4, 0.5) is 0 Å². The summed E-state index contributed by atoms with van der Waals surface area (Å²) in [5, 5.41) is 6.69. The molecular formula is C10H16BN3O5S. The molecule has 0 saturated heterocycles. The maximum Gasteiger partial charge on any atom is 0.239 e. The van der Waals surface area contributed by atoms with Crippen LogP contribution in [-0.4, -0.2) is 61.8 Å². The van der Waals surface area contributed by atoms with Gasteiger partial charge in [0.25, 0.3) is 0 Å². The van der Waals surface area contributed by atoms with Crippen LogP contribution in [0.5, 0.6) is 0 Å². The molecule has 0 saturated carbocycles. The first kappa shape index (κ1) is 18.2. The Balaban J connectivity index is 3.73. The second-order valence-corrected chi connectivity index (χ2v) is 4.96. The minimum atomic E-state index is -0.538. The fourth-order valence-electron chi connectivity index (χ4n) is 0.924. The van der Waals surface area contributed by atoms with Crippen molar-refractivity contribution >= 4 is 48.1 Å². The summed E-state index contributed by atoms with van der Waals surface area (Å²) in [6.45, 7) is 0.694. The van der Waals surface area contributed by atoms with Gasteiger partial charge in [0.05, 0.1) is 25.4 Å². The number of amides is 3. The highest BCUT2D eigenvalue weighted by Gasteiger charge is 2.08. The summed E-state index contributed by atoms with van der Waals surface area (Å²) < 4.78 is 0. The quantitative estimate of drug-likeness (QED) is 0.405. The van der Waals surface area contributed by atoms with E-state index in [0.717, 1.165) is 11.8 Å². The van der Waals surface area contributed by atoms with Gasteiger partial charge in [-0.3, -0.25) is 19.2 Å². The highest BCUT2D eigenvalue weighted by Crippen LogP contribution is 1.98. The Morgan fingerprint density at radius 1 is 0.850 bits per heavy atom. The average Bonchev–Trinajstić information content (AvgIpc) is 2.37. The molecule has 8 nitrogen and oxygen atoms in total. The SMILES string of the molecule is BC(=O)CNC(=O)CNC(=O)CNC(=O)CSC(C)=O. The summed E-state index contributed by atoms with van der Waals surface area (Å²) in [5.74, 6) is -1.53. The van der Waals surface area contributed by atoms with Crippen molar-refractivity contribution in [1.82, 2.24) is 16.0 Å². The Morgan fingerprint density at radius 2 is 1.30 bits per heavy atom. The van der Waals surface area contributed by atoms with Crippen LogP contribution >= 0.6 is 11.8 Å². The summed E-state index contributed by atoms with van der Waals surface area (Å²) >= 11 is 0.840. The zero-order valence-electron chi connectivity index (χ0n) is 11.3. The topological polar surface area (TPSA) is 121 Å². The second kappa shape index (κ2) is 10.0. The standard InChI is InChI=1S/C10H16BN3O5S/c1-6(15)20-5-10(19)14-4-9(18)13-3-8(17)12-2-7(11)16/h2-5,11H2,1H3,(H,12,17)(H,13,18)(H,14,19). The highest BCUT2D eigenvalue weighted by atomic mass is 32.2. The van der Waals surface area contributed by atoms with E-state index in [2.05, 4.69) is 16.0 Å². The molecule has 10 heteroatoms. The monoisotopic (exact) mass is 301 g/mol. The van der Waals surface area contributed by atoms with Gasteiger partial charge < -0.3 is 20.7 Å². The third-order valence-electron chi connectivity index (χ3n) is 1.83. The van der Waals surface area contributed by atoms with Crippen molar-refractivity contribution in [1.29, 1.82) is 0 Å². The van der Waals surface area contributed by atoms with Crippen LogP contribution < -0.4 is 16.0 Å². The Hall–Kier alpha value is -1.84. The van der Waals surface area contributed by atoms with Crippen LogP contribution in [0.1, 0.15) is 6.92 Å². The lowest BCUT2D eigenvalue weighted by molar-refractivity contribution is -0.127. The summed E-state index contributed by atoms with van der Waals surface area (Å²) in [7, 11) is 1.33. The van der Waals surface area contributed by atoms with Gasteiger partial charge in [0.2, 0.25) is 17.7 Å². The maximum atomic E-state index is 11.3. The molecular weight excluding hydrogens is 285 g/mol. The molecule has 0 fully saturated rings. The number of carbonyl (C=O) groups is 5. The lowest BCUT2D eigenvalue weighted by Gasteiger charge is -2.06. The van der Waals surface area contributed by atoms with Gasteiger partial charge in [-0.1, -0.05) is 11.8 Å². The molecule has 0 rings (SSSR count). The van der Waals surface area contributed by atoms with Gasteiger partial charge in [0.1, 0.15) is 5.68 Å². The third-order valence-corrected chi connectivity index (χ3v) is 2.65. The van der Waals surface area contributed by atoms with E-state index in [1.807, 2.05) is 0 Å². The Bertz CT molecular complexity index is 380. The van der Waals surface area contributed by atoms with Gasteiger partial charge >= 0.3 is 0 Å². The van der Waals surface area contributed by atoms with Gasteiger partial charge in [-0.05, 0) is 0 Å². The largest absolute Gasteiger partial charge is 0.348 e. The molecule has 0 aromatic rings. The number of hydrogen-bond donors (Lipinski definition) is 3. The Morgan fingerprint density at radius 3 is 1.75 bits per heavy atom. The van der Waals surface area contributed by atoms with Gasteiger partial charge in [-0.25, -0.2) is 0 Å². The second-order valence-electron chi connectivity index (χ2n) is 3.81. The smallest absolute Gasteiger partial charge is 0.239 e. The predicted octanol–water partition coefficient (Wildman–Crippen LogP) is -3.23. The van der Waals surface area contributed by atoms with Gasteiger partial charge in [-0.15, -0.1) is 0 Å². The lowest BCUT2D eigenvalue weighted by atomic mass is 10.0. The number of nitrogens with one attached hydrogen (secondary N) is 3. The molecule has 0 unspecified atom stereocenters. The van der Waals surface area contributed by atoms with E-state index in [-0.39, 0.29) is 36.2 Å². The van der Waals surface area contributed by atoms with Crippen molar-refractivity contribution in [2.24, 2.45) is 0 Å². The predicted molar refractivity (Wildman–Crippen MR) is 75.7 cm³/mol. The van der Waals surface area contributed by atoms with Crippen molar-refractivity contribution in [2.45, 2.75) is 6.92 Å². The van der Waals surface area contributed by atoms with Crippen molar-refractivity contribution in [3.05, 3.63) is 0 Å². The van der Waals surface area contributed by atoms with Crippen molar-refractivity contribution < 1.29 is 24.0 Å². The molecule has 0 bridgehead atoms. The van der Waals surface area contributed by atoms with E-state index in [4.69, 9.17) is 0 Å². The minimum absolute atomic E-state index is 0.0539. The summed E-state index contributed by atoms with van der Waals surface area (Å²) in [6.07, 6.45) is 0. The molecule has 0 aliphatic heterocycles. The molecule has 0 atom stereocenters. The molecule has 0 aromatic heterocycles. The highest BCUT2D eigenvalue weighted by molar-refractivity contribution is 8.14. The van der Waals surface area contributed by atoms with Gasteiger partial charge in [0, 0.05) is 6.92 Å². The summed E-state index contributed by atoms with van der Waals surface area (Å²) in [4.78, 5) is 54.8. The van der Waals surface area contributed by atoms with Crippen molar-refractivity contribution in [3.8, 4) is 0 Å². The molecule has 0 aliphatic rings. The fourth-order valence-corrected chi connectivity index (χ4v) is 1.36. The van der Waals surface area contributed by atoms with E-state index in [1.54, 1.807) is 0 Å². The summed E-state index contributed by atoms with van der Waals surface area (Å²) in [6, 6.07) is 0. The molecule has 3 amide bonds. The fraction of sp³-hybridized carbons (Fsp3) is 0.500. The van der Waals surface area contributed by atoms with Gasteiger partial charge in [-0.2, -0.15) is 0 Å². The van der Waals surface area contributed by atoms with E-state index < -0.39 is 17.7 Å². The molecule has 0 radical (unpaired) electrons. The van der Waals surface area contributed by atoms with Gasteiger partial charge in [0.15, 0.2) is 13.0 Å². The first-order chi connectivity index (χ1) is 9.31. The van der Waals surface area contributed by atoms with Crippen molar-refractivity contribution in [3.63, 3.8) is 0 Å². The lowest BCUT2D eigenvalue weighted by Crippen LogP contribution is -2.43. The number of rotatable bonds is 8. The number of hydrogen-bond acceptors (Lipinski definition) is 6. The number of thioether (sulfide) groups is 1. The Kier molecular flexibility index (Phi) is 9.09. The molecule has 0 heterocycles. The van der Waals surface area contributed by atoms with Crippen LogP contribution in [0.25, 0.3) is 0 Å². The molecule has 20 heavy (non-hydrogen) atoms. The van der Waals surface area contributed by atoms with Crippen LogP contribution in [0.2, 0.25) is 0 Å². The van der Waals surface area contributed by atoms with Crippen LogP contribution in [0.3, 0.4) is 0 Å². The molecule has 0 aromatic carbocycles. The van der Waals surface area contributed by atoms with E-state index >= 15 is 0 Å².